The van der Waals surface area contributed by atoms with E-state index in [1.807, 2.05) is 0 Å². The van der Waals surface area contributed by atoms with E-state index >= 15 is 0 Å². The van der Waals surface area contributed by atoms with Crippen LogP contribution in [-0.2, 0) is 0 Å². The molecule has 0 radical (unpaired) electrons. The van der Waals surface area contributed by atoms with Crippen molar-refractivity contribution in [2.24, 2.45) is 46.3 Å². The fourth-order valence-corrected chi connectivity index (χ4v) is 8.43. The van der Waals surface area contributed by atoms with Crippen molar-refractivity contribution < 1.29 is 10.2 Å². The van der Waals surface area contributed by atoms with Crippen LogP contribution in [0.25, 0.3) is 0 Å². The molecule has 0 amide bonds. The molecule has 0 aromatic rings. The number of allylic oxidation sites excluding steroid dienone is 2. The number of rotatable bonds is 5. The molecule has 0 aliphatic heterocycles. The van der Waals surface area contributed by atoms with Gasteiger partial charge in [-0.05, 0) is 104 Å². The van der Waals surface area contributed by atoms with Gasteiger partial charge in [0.1, 0.15) is 0 Å². The Morgan fingerprint density at radius 3 is 2.40 bits per heavy atom. The lowest BCUT2D eigenvalue weighted by molar-refractivity contribution is -0.0835. The maximum absolute atomic E-state index is 11.1. The molecule has 0 heterocycles. The van der Waals surface area contributed by atoms with Gasteiger partial charge in [-0.25, -0.2) is 0 Å². The van der Waals surface area contributed by atoms with Crippen molar-refractivity contribution in [3.05, 3.63) is 23.8 Å². The molecule has 4 rings (SSSR count). The van der Waals surface area contributed by atoms with Gasteiger partial charge in [-0.3, -0.25) is 0 Å². The Morgan fingerprint density at radius 1 is 1.03 bits per heavy atom. The molecule has 0 spiro atoms. The van der Waals surface area contributed by atoms with Crippen molar-refractivity contribution in [1.82, 2.24) is 0 Å². The van der Waals surface area contributed by atoms with E-state index in [0.29, 0.717) is 23.2 Å². The Bertz CT molecular complexity index is 693. The molecule has 0 saturated heterocycles. The normalized spacial score (nSPS) is 46.6. The first kappa shape index (κ1) is 22.6. The zero-order chi connectivity index (χ0) is 21.8. The van der Waals surface area contributed by atoms with Crippen LogP contribution in [0.15, 0.2) is 23.8 Å². The van der Waals surface area contributed by atoms with Crippen LogP contribution in [0.2, 0.25) is 0 Å². The van der Waals surface area contributed by atoms with Gasteiger partial charge >= 0.3 is 0 Å². The van der Waals surface area contributed by atoms with Gasteiger partial charge in [0.15, 0.2) is 0 Å². The molecular formula is C28H46O2. The summed E-state index contributed by atoms with van der Waals surface area (Å²) in [6.45, 7) is 16.3. The SMILES string of the molecule is C=C(CCC(C)C1CCC2C3=CC(O)C4CC(O)CCC4(C)C3CCC21C)C(C)C. The molecular weight excluding hydrogens is 368 g/mol. The lowest BCUT2D eigenvalue weighted by atomic mass is 9.47. The Labute approximate surface area is 185 Å². The quantitative estimate of drug-likeness (QED) is 0.502. The third-order valence-corrected chi connectivity index (χ3v) is 10.6. The molecule has 3 saturated carbocycles. The van der Waals surface area contributed by atoms with E-state index in [9.17, 15) is 10.2 Å². The first-order chi connectivity index (χ1) is 14.1. The molecule has 0 bridgehead atoms. The second-order valence-electron chi connectivity index (χ2n) is 12.4. The average molecular weight is 415 g/mol. The van der Waals surface area contributed by atoms with Crippen LogP contribution in [0.4, 0.5) is 0 Å². The summed E-state index contributed by atoms with van der Waals surface area (Å²) in [6, 6.07) is 0. The summed E-state index contributed by atoms with van der Waals surface area (Å²) in [5.74, 6) is 3.63. The molecule has 9 unspecified atom stereocenters. The second-order valence-corrected chi connectivity index (χ2v) is 12.4. The molecule has 170 valence electrons. The number of fused-ring (bicyclic) bond motifs is 5. The van der Waals surface area contributed by atoms with Gasteiger partial charge in [0.25, 0.3) is 0 Å². The molecule has 4 aliphatic carbocycles. The highest BCUT2D eigenvalue weighted by molar-refractivity contribution is 5.29. The Hall–Kier alpha value is -0.600. The number of hydrogen-bond acceptors (Lipinski definition) is 2. The summed E-state index contributed by atoms with van der Waals surface area (Å²) in [5, 5.41) is 21.4. The fourth-order valence-electron chi connectivity index (χ4n) is 8.43. The number of aliphatic hydroxyl groups excluding tert-OH is 2. The van der Waals surface area contributed by atoms with Crippen molar-refractivity contribution in [3.63, 3.8) is 0 Å². The Kier molecular flexibility index (Phi) is 6.08. The van der Waals surface area contributed by atoms with E-state index in [-0.39, 0.29) is 23.5 Å². The molecule has 30 heavy (non-hydrogen) atoms. The van der Waals surface area contributed by atoms with Crippen LogP contribution in [0.5, 0.6) is 0 Å². The highest BCUT2D eigenvalue weighted by Crippen LogP contribution is 2.67. The van der Waals surface area contributed by atoms with Gasteiger partial charge in [0, 0.05) is 0 Å². The van der Waals surface area contributed by atoms with Crippen LogP contribution in [0.1, 0.15) is 92.4 Å². The standard InChI is InChI=1S/C28H46O2/c1-17(2)18(3)7-8-19(4)22-9-10-23-21-16-26(30)25-15-20(29)11-13-28(25,6)24(21)12-14-27(22,23)5/h16-17,19-20,22-26,29-30H,3,7-15H2,1-2,4-6H3. The molecule has 2 heteroatoms. The van der Waals surface area contributed by atoms with E-state index in [2.05, 4.69) is 47.3 Å². The number of aliphatic hydroxyl groups is 2. The van der Waals surface area contributed by atoms with E-state index in [0.717, 1.165) is 31.1 Å². The van der Waals surface area contributed by atoms with Gasteiger partial charge in [0.2, 0.25) is 0 Å². The van der Waals surface area contributed by atoms with Crippen molar-refractivity contribution in [2.45, 2.75) is 105 Å². The fraction of sp³-hybridized carbons (Fsp3) is 0.857. The minimum atomic E-state index is -0.371. The minimum Gasteiger partial charge on any atom is -0.393 e. The van der Waals surface area contributed by atoms with Gasteiger partial charge in [-0.15, -0.1) is 0 Å². The monoisotopic (exact) mass is 414 g/mol. The highest BCUT2D eigenvalue weighted by Gasteiger charge is 2.59. The van der Waals surface area contributed by atoms with Gasteiger partial charge < -0.3 is 10.2 Å². The topological polar surface area (TPSA) is 40.5 Å². The zero-order valence-corrected chi connectivity index (χ0v) is 20.2. The van der Waals surface area contributed by atoms with Crippen LogP contribution < -0.4 is 0 Å². The molecule has 2 N–H and O–H groups in total. The average Bonchev–Trinajstić information content (AvgIpc) is 3.04. The third-order valence-electron chi connectivity index (χ3n) is 10.6. The van der Waals surface area contributed by atoms with E-state index in [4.69, 9.17) is 0 Å². The number of hydrogen-bond donors (Lipinski definition) is 2. The zero-order valence-electron chi connectivity index (χ0n) is 20.2. The molecule has 0 aromatic carbocycles. The molecule has 9 atom stereocenters. The van der Waals surface area contributed by atoms with Crippen molar-refractivity contribution in [2.75, 3.05) is 0 Å². The van der Waals surface area contributed by atoms with Gasteiger partial charge in [-0.2, -0.15) is 0 Å². The van der Waals surface area contributed by atoms with Crippen LogP contribution >= 0.6 is 0 Å². The maximum Gasteiger partial charge on any atom is 0.0758 e. The second kappa shape index (κ2) is 8.07. The predicted molar refractivity (Wildman–Crippen MR) is 125 cm³/mol. The first-order valence-corrected chi connectivity index (χ1v) is 12.8. The van der Waals surface area contributed by atoms with E-state index in [1.165, 1.54) is 44.1 Å². The third kappa shape index (κ3) is 3.54. The maximum atomic E-state index is 11.1. The smallest absolute Gasteiger partial charge is 0.0758 e. The van der Waals surface area contributed by atoms with Crippen molar-refractivity contribution in [3.8, 4) is 0 Å². The summed E-state index contributed by atoms with van der Waals surface area (Å²) in [5.41, 5.74) is 3.57. The van der Waals surface area contributed by atoms with Crippen LogP contribution in [-0.4, -0.2) is 22.4 Å². The summed E-state index contributed by atoms with van der Waals surface area (Å²) in [4.78, 5) is 0. The molecule has 2 nitrogen and oxygen atoms in total. The van der Waals surface area contributed by atoms with Crippen molar-refractivity contribution >= 4 is 0 Å². The van der Waals surface area contributed by atoms with Crippen LogP contribution in [0.3, 0.4) is 0 Å². The van der Waals surface area contributed by atoms with Gasteiger partial charge in [-0.1, -0.05) is 58.4 Å². The minimum absolute atomic E-state index is 0.169. The predicted octanol–water partition coefficient (Wildman–Crippen LogP) is 6.53. The first-order valence-electron chi connectivity index (χ1n) is 12.8. The molecule has 0 aromatic heterocycles. The Morgan fingerprint density at radius 2 is 1.70 bits per heavy atom. The summed E-state index contributed by atoms with van der Waals surface area (Å²) >= 11 is 0. The van der Waals surface area contributed by atoms with Gasteiger partial charge in [0.05, 0.1) is 12.2 Å². The van der Waals surface area contributed by atoms with E-state index < -0.39 is 0 Å². The summed E-state index contributed by atoms with van der Waals surface area (Å²) in [6.07, 6.45) is 12.1. The van der Waals surface area contributed by atoms with Crippen molar-refractivity contribution in [1.29, 1.82) is 0 Å². The van der Waals surface area contributed by atoms with E-state index in [1.54, 1.807) is 5.57 Å². The molecule has 4 aliphatic rings. The van der Waals surface area contributed by atoms with Crippen LogP contribution in [0, 0.1) is 46.3 Å². The highest BCUT2D eigenvalue weighted by atomic mass is 16.3. The lowest BCUT2D eigenvalue weighted by Gasteiger charge is -2.58. The largest absolute Gasteiger partial charge is 0.393 e. The summed E-state index contributed by atoms with van der Waals surface area (Å²) < 4.78 is 0. The Balaban J connectivity index is 1.54. The molecule has 3 fully saturated rings. The summed E-state index contributed by atoms with van der Waals surface area (Å²) in [7, 11) is 0. The lowest BCUT2D eigenvalue weighted by Crippen LogP contribution is -2.53.